The first kappa shape index (κ1) is 80.5. The molecule has 1 N–H and O–H groups in total. The van der Waals surface area contributed by atoms with Crippen LogP contribution in [0.2, 0.25) is 0 Å². The van der Waals surface area contributed by atoms with Crippen molar-refractivity contribution in [3.8, 4) is 0 Å². The summed E-state index contributed by atoms with van der Waals surface area (Å²) < 4.78 is 10.7. The number of carbonyl (C=O) groups excluding carboxylic acids is 2. The van der Waals surface area contributed by atoms with Crippen molar-refractivity contribution in [3.63, 3.8) is 0 Å². The van der Waals surface area contributed by atoms with Crippen LogP contribution in [0.3, 0.4) is 0 Å². The van der Waals surface area contributed by atoms with Gasteiger partial charge in [-0.15, -0.1) is 0 Å². The maximum Gasteiger partial charge on any atom is 0.306 e. The van der Waals surface area contributed by atoms with E-state index in [9.17, 15) is 14.7 Å². The van der Waals surface area contributed by atoms with E-state index in [2.05, 4.69) is 220 Å². The zero-order chi connectivity index (χ0) is 61.9. The van der Waals surface area contributed by atoms with Crippen LogP contribution in [0.15, 0.2) is 207 Å². The molecule has 5 nitrogen and oxygen atoms in total. The van der Waals surface area contributed by atoms with Crippen LogP contribution >= 0.6 is 0 Å². The van der Waals surface area contributed by atoms with E-state index in [0.29, 0.717) is 12.8 Å². The van der Waals surface area contributed by atoms with Gasteiger partial charge in [0.25, 0.3) is 0 Å². The smallest absolute Gasteiger partial charge is 0.306 e. The van der Waals surface area contributed by atoms with Gasteiger partial charge in [-0.05, 0) is 148 Å². The normalized spacial score (nSPS) is 13.6. The van der Waals surface area contributed by atoms with Gasteiger partial charge in [-0.2, -0.15) is 0 Å². The van der Waals surface area contributed by atoms with Gasteiger partial charge in [0.2, 0.25) is 0 Å². The van der Waals surface area contributed by atoms with Crippen molar-refractivity contribution in [2.24, 2.45) is 0 Å². The Kier molecular flexibility index (Phi) is 69.0. The van der Waals surface area contributed by atoms with Crippen LogP contribution < -0.4 is 0 Å². The van der Waals surface area contributed by atoms with Crippen molar-refractivity contribution < 1.29 is 24.2 Å². The fraction of sp³-hybridized carbons (Fsp3) is 0.556. The molecule has 0 radical (unpaired) electrons. The summed E-state index contributed by atoms with van der Waals surface area (Å²) in [6, 6.07) is 0. The molecule has 0 aromatic carbocycles. The Morgan fingerprint density at radius 3 is 0.698 bits per heavy atom. The van der Waals surface area contributed by atoms with Gasteiger partial charge in [0.1, 0.15) is 6.61 Å². The molecule has 0 aliphatic heterocycles. The third-order valence-corrected chi connectivity index (χ3v) is 14.1. The van der Waals surface area contributed by atoms with Crippen LogP contribution in [0.25, 0.3) is 0 Å². The molecule has 0 aromatic heterocycles. The second-order valence-corrected chi connectivity index (χ2v) is 22.1. The first-order valence-electron chi connectivity index (χ1n) is 34.6. The summed E-state index contributed by atoms with van der Waals surface area (Å²) in [6.45, 7) is 3.90. The van der Waals surface area contributed by atoms with Gasteiger partial charge in [-0.3, -0.25) is 9.59 Å². The highest BCUT2D eigenvalue weighted by Crippen LogP contribution is 2.15. The number of esters is 2. The van der Waals surface area contributed by atoms with Crippen molar-refractivity contribution >= 4 is 11.9 Å². The lowest BCUT2D eigenvalue weighted by molar-refractivity contribution is -0.161. The lowest BCUT2D eigenvalue weighted by Crippen LogP contribution is -2.28. The number of unbranched alkanes of at least 4 members (excludes halogenated alkanes) is 19. The Labute approximate surface area is 530 Å². The minimum absolute atomic E-state index is 0.0836. The average molecular weight is 1180 g/mol. The van der Waals surface area contributed by atoms with E-state index < -0.39 is 6.10 Å². The molecule has 0 aliphatic rings. The van der Waals surface area contributed by atoms with Crippen molar-refractivity contribution in [2.75, 3.05) is 13.2 Å². The monoisotopic (exact) mass is 1180 g/mol. The summed E-state index contributed by atoms with van der Waals surface area (Å²) in [6.07, 6.45) is 118. The highest BCUT2D eigenvalue weighted by molar-refractivity contribution is 5.70. The zero-order valence-electron chi connectivity index (χ0n) is 55.0. The Morgan fingerprint density at radius 1 is 0.267 bits per heavy atom. The van der Waals surface area contributed by atoms with Crippen molar-refractivity contribution in [1.29, 1.82) is 0 Å². The van der Waals surface area contributed by atoms with E-state index in [1.807, 2.05) is 0 Å². The molecule has 0 aromatic rings. The van der Waals surface area contributed by atoms with Gasteiger partial charge < -0.3 is 14.6 Å². The molecule has 1 unspecified atom stereocenters. The zero-order valence-corrected chi connectivity index (χ0v) is 55.0. The van der Waals surface area contributed by atoms with Gasteiger partial charge in [0.15, 0.2) is 6.10 Å². The molecule has 0 saturated carbocycles. The largest absolute Gasteiger partial charge is 0.462 e. The number of hydrogen-bond donors (Lipinski definition) is 1. The van der Waals surface area contributed by atoms with Crippen LogP contribution in [0.1, 0.15) is 271 Å². The van der Waals surface area contributed by atoms with Gasteiger partial charge in [0, 0.05) is 12.8 Å². The molecule has 0 saturated heterocycles. The van der Waals surface area contributed by atoms with Crippen molar-refractivity contribution in [3.05, 3.63) is 207 Å². The highest BCUT2D eigenvalue weighted by Gasteiger charge is 2.16. The first-order valence-corrected chi connectivity index (χ1v) is 34.6. The van der Waals surface area contributed by atoms with E-state index in [-0.39, 0.29) is 25.2 Å². The van der Waals surface area contributed by atoms with E-state index >= 15 is 0 Å². The van der Waals surface area contributed by atoms with Gasteiger partial charge >= 0.3 is 11.9 Å². The summed E-state index contributed by atoms with van der Waals surface area (Å²) in [5, 5.41) is 9.70. The van der Waals surface area contributed by atoms with Crippen LogP contribution in [0, 0.1) is 0 Å². The van der Waals surface area contributed by atoms with Gasteiger partial charge in [0.05, 0.1) is 6.61 Å². The number of rotatable bonds is 61. The van der Waals surface area contributed by atoms with E-state index in [4.69, 9.17) is 9.47 Å². The van der Waals surface area contributed by atoms with Crippen LogP contribution in [-0.2, 0) is 19.1 Å². The molecule has 1 atom stereocenters. The predicted octanol–water partition coefficient (Wildman–Crippen LogP) is 24.5. The van der Waals surface area contributed by atoms with Crippen LogP contribution in [0.4, 0.5) is 0 Å². The highest BCUT2D eigenvalue weighted by atomic mass is 16.6. The molecule has 5 heteroatoms. The Hall–Kier alpha value is -5.52. The fourth-order valence-corrected chi connectivity index (χ4v) is 8.98. The second kappa shape index (κ2) is 73.7. The van der Waals surface area contributed by atoms with Crippen LogP contribution in [0.5, 0.6) is 0 Å². The SMILES string of the molecule is CC/C=C\C/C=C\C/C=C\C/C=C\C/C=C\C/C=C\C/C=C\C/C=C\C/C=C\CCCCCCCCCCCCCC(=O)OC(CO)COC(=O)CCCCCCCCCC/C=C\C/C=C\C/C=C\C/C=C\C/C=C\C/C=C\C/C=C\C/C=C\CC. The van der Waals surface area contributed by atoms with E-state index in [0.717, 1.165) is 154 Å². The molecule has 0 amide bonds. The lowest BCUT2D eigenvalue weighted by Gasteiger charge is -2.15. The first-order chi connectivity index (χ1) is 42.6. The maximum atomic E-state index is 12.4. The number of aliphatic hydroxyl groups is 1. The van der Waals surface area contributed by atoms with Crippen molar-refractivity contribution in [1.82, 2.24) is 0 Å². The molecule has 86 heavy (non-hydrogen) atoms. The molecule has 480 valence electrons. The minimum atomic E-state index is -0.794. The number of allylic oxidation sites excluding steroid dienone is 34. The number of ether oxygens (including phenoxy) is 2. The molecule has 0 bridgehead atoms. The summed E-state index contributed by atoms with van der Waals surface area (Å²) in [7, 11) is 0. The fourth-order valence-electron chi connectivity index (χ4n) is 8.98. The van der Waals surface area contributed by atoms with E-state index in [1.165, 1.54) is 89.9 Å². The molecule has 0 fully saturated rings. The summed E-state index contributed by atoms with van der Waals surface area (Å²) in [5.74, 6) is -0.614. The number of aliphatic hydroxyl groups excluding tert-OH is 1. The van der Waals surface area contributed by atoms with Crippen molar-refractivity contribution in [2.45, 2.75) is 277 Å². The molecular weight excluding hydrogens is 1050 g/mol. The third kappa shape index (κ3) is 71.0. The summed E-state index contributed by atoms with van der Waals surface area (Å²) in [4.78, 5) is 24.7. The van der Waals surface area contributed by atoms with E-state index in [1.54, 1.807) is 0 Å². The molecule has 0 spiro atoms. The topological polar surface area (TPSA) is 72.8 Å². The van der Waals surface area contributed by atoms with Crippen LogP contribution in [-0.4, -0.2) is 36.4 Å². The predicted molar refractivity (Wildman–Crippen MR) is 379 cm³/mol. The molecule has 0 rings (SSSR count). The summed E-state index contributed by atoms with van der Waals surface area (Å²) >= 11 is 0. The number of carbonyl (C=O) groups is 2. The Bertz CT molecular complexity index is 2020. The number of hydrogen-bond acceptors (Lipinski definition) is 5. The van der Waals surface area contributed by atoms with Gasteiger partial charge in [-0.1, -0.05) is 317 Å². The maximum absolute atomic E-state index is 12.4. The minimum Gasteiger partial charge on any atom is -0.462 e. The Morgan fingerprint density at radius 2 is 0.465 bits per heavy atom. The average Bonchev–Trinajstić information content (AvgIpc) is 3.55. The standard InChI is InChI=1S/C81H126O5/c1-3-5-7-9-11-13-15-17-19-21-23-25-27-29-31-33-35-37-38-39-40-41-42-44-46-48-50-52-54-56-58-60-62-64-66-68-70-72-74-76-81(84)86-79(77-82)78-85-80(83)75-73-71-69-67-65-63-61-59-57-55-53-51-49-47-45-43-36-34-32-30-28-26-24-22-20-18-16-14-12-10-8-6-4-2/h5-8,11-14,17-20,23-26,29-32,35-37,39-40,42-44,47-50,53,55,79,82H,3-4,9-10,15-16,21-22,27-28,33-34,38,41,45-46,51-52,54,56-78H2,1-2H3/b7-5-,8-6-,13-11-,14-12-,19-17-,20-18-,25-23-,26-24-,31-29-,32-30-,37-35-,40-39-,43-36-,44-42-,49-47-,50-48-,55-53-. The molecule has 0 heterocycles. The molecule has 0 aliphatic carbocycles. The molecular formula is C81H126O5. The summed E-state index contributed by atoms with van der Waals surface area (Å²) in [5.41, 5.74) is 0. The lowest BCUT2D eigenvalue weighted by atomic mass is 10.0. The third-order valence-electron chi connectivity index (χ3n) is 14.1. The van der Waals surface area contributed by atoms with Gasteiger partial charge in [-0.25, -0.2) is 0 Å². The second-order valence-electron chi connectivity index (χ2n) is 22.1. The quantitative estimate of drug-likeness (QED) is 0.0373. The Balaban J connectivity index is 3.60.